The number of nitrogens with zero attached hydrogens (tertiary/aromatic N) is 2. The van der Waals surface area contributed by atoms with Crippen molar-refractivity contribution in [2.75, 3.05) is 17.7 Å². The van der Waals surface area contributed by atoms with Crippen LogP contribution in [0.3, 0.4) is 0 Å². The molecule has 8 heteroatoms. The van der Waals surface area contributed by atoms with Gasteiger partial charge in [-0.15, -0.1) is 0 Å². The molecule has 3 rings (SSSR count). The molecule has 6 N–H and O–H groups in total. The molecular weight excluding hydrogens is 332 g/mol. The topological polar surface area (TPSA) is 128 Å². The number of carbonyl (C=O) groups is 1. The number of rotatable bonds is 6. The number of aromatic nitrogens is 2. The first kappa shape index (κ1) is 18.8. The highest BCUT2D eigenvalue weighted by Crippen LogP contribution is 2.25. The summed E-state index contributed by atoms with van der Waals surface area (Å²) in [4.78, 5) is 20.6. The maximum atomic E-state index is 11.7. The maximum Gasteiger partial charge on any atom is 0.254 e. The Labute approximate surface area is 154 Å². The Morgan fingerprint density at radius 1 is 1.08 bits per heavy atom. The Morgan fingerprint density at radius 2 is 1.69 bits per heavy atom. The van der Waals surface area contributed by atoms with Crippen molar-refractivity contribution < 1.29 is 9.53 Å². The summed E-state index contributed by atoms with van der Waals surface area (Å²) in [7, 11) is 1.76. The Balaban J connectivity index is 1.67. The van der Waals surface area contributed by atoms with Gasteiger partial charge in [0.1, 0.15) is 5.82 Å². The summed E-state index contributed by atoms with van der Waals surface area (Å²) >= 11 is 0. The van der Waals surface area contributed by atoms with Gasteiger partial charge in [-0.1, -0.05) is 0 Å². The van der Waals surface area contributed by atoms with Crippen molar-refractivity contribution in [3.63, 3.8) is 0 Å². The van der Waals surface area contributed by atoms with Crippen molar-refractivity contribution in [3.05, 3.63) is 11.8 Å². The number of nitrogens with two attached hydrogens (primary N) is 2. The Hall–Kier alpha value is -1.93. The van der Waals surface area contributed by atoms with Crippen LogP contribution >= 0.6 is 0 Å². The second-order valence-electron chi connectivity index (χ2n) is 7.43. The molecule has 0 spiro atoms. The molecule has 1 heterocycles. The fraction of sp³-hybridized carbons (Fsp3) is 0.722. The predicted molar refractivity (Wildman–Crippen MR) is 101 cm³/mol. The monoisotopic (exact) mass is 362 g/mol. The normalized spacial score (nSPS) is 29.2. The van der Waals surface area contributed by atoms with Crippen LogP contribution in [0.2, 0.25) is 0 Å². The van der Waals surface area contributed by atoms with Gasteiger partial charge < -0.3 is 26.8 Å². The van der Waals surface area contributed by atoms with Gasteiger partial charge in [0, 0.05) is 31.4 Å². The second kappa shape index (κ2) is 8.64. The predicted octanol–water partition coefficient (Wildman–Crippen LogP) is 1.63. The van der Waals surface area contributed by atoms with Crippen molar-refractivity contribution in [1.29, 1.82) is 0 Å². The zero-order valence-electron chi connectivity index (χ0n) is 15.4. The minimum Gasteiger partial charge on any atom is -0.381 e. The van der Waals surface area contributed by atoms with Gasteiger partial charge >= 0.3 is 0 Å². The molecular formula is C18H30N6O2. The number of amides is 1. The number of carbonyl (C=O) groups excluding carboxylic acids is 1. The summed E-state index contributed by atoms with van der Waals surface area (Å²) in [6.45, 7) is 0. The van der Waals surface area contributed by atoms with E-state index in [1.807, 2.05) is 0 Å². The number of hydrogen-bond donors (Lipinski definition) is 4. The Kier molecular flexibility index (Phi) is 6.26. The van der Waals surface area contributed by atoms with E-state index in [1.54, 1.807) is 7.11 Å². The number of methoxy groups -OCH3 is 1. The fourth-order valence-electron chi connectivity index (χ4n) is 3.82. The smallest absolute Gasteiger partial charge is 0.254 e. The third-order valence-electron chi connectivity index (χ3n) is 5.51. The van der Waals surface area contributed by atoms with Gasteiger partial charge in [-0.3, -0.25) is 4.79 Å². The molecule has 0 saturated heterocycles. The molecule has 1 amide bonds. The molecule has 0 radical (unpaired) electrons. The van der Waals surface area contributed by atoms with Gasteiger partial charge in [-0.05, 0) is 51.4 Å². The summed E-state index contributed by atoms with van der Waals surface area (Å²) < 4.78 is 5.41. The summed E-state index contributed by atoms with van der Waals surface area (Å²) in [5.41, 5.74) is 11.8. The highest BCUT2D eigenvalue weighted by Gasteiger charge is 2.23. The molecule has 8 nitrogen and oxygen atoms in total. The molecule has 0 aromatic carbocycles. The van der Waals surface area contributed by atoms with Gasteiger partial charge in [-0.2, -0.15) is 4.98 Å². The van der Waals surface area contributed by atoms with E-state index in [4.69, 9.17) is 16.2 Å². The zero-order chi connectivity index (χ0) is 18.5. The molecule has 0 atom stereocenters. The summed E-state index contributed by atoms with van der Waals surface area (Å²) in [5, 5.41) is 6.76. The summed E-state index contributed by atoms with van der Waals surface area (Å²) in [6, 6.07) is 0.850. The molecule has 1 aromatic rings. The lowest BCUT2D eigenvalue weighted by molar-refractivity contribution is 0.0681. The van der Waals surface area contributed by atoms with Crippen molar-refractivity contribution >= 4 is 17.7 Å². The zero-order valence-corrected chi connectivity index (χ0v) is 15.4. The number of nitrogens with one attached hydrogen (secondary N) is 2. The van der Waals surface area contributed by atoms with E-state index in [-0.39, 0.29) is 12.1 Å². The highest BCUT2D eigenvalue weighted by atomic mass is 16.5. The molecule has 0 unspecified atom stereocenters. The van der Waals surface area contributed by atoms with E-state index in [0.29, 0.717) is 29.5 Å². The molecule has 144 valence electrons. The molecule has 2 fully saturated rings. The molecule has 0 aliphatic heterocycles. The van der Waals surface area contributed by atoms with Crippen molar-refractivity contribution in [1.82, 2.24) is 9.97 Å². The quantitative estimate of drug-likeness (QED) is 0.605. The lowest BCUT2D eigenvalue weighted by Crippen LogP contribution is -2.34. The van der Waals surface area contributed by atoms with Crippen LogP contribution in [0, 0.1) is 0 Å². The van der Waals surface area contributed by atoms with Crippen molar-refractivity contribution in [3.8, 4) is 0 Å². The van der Waals surface area contributed by atoms with E-state index >= 15 is 0 Å². The number of ether oxygens (including phenoxy) is 1. The average Bonchev–Trinajstić information content (AvgIpc) is 2.64. The maximum absolute atomic E-state index is 11.7. The number of hydrogen-bond acceptors (Lipinski definition) is 7. The molecule has 1 aromatic heterocycles. The average molecular weight is 362 g/mol. The van der Waals surface area contributed by atoms with E-state index < -0.39 is 5.91 Å². The second-order valence-corrected chi connectivity index (χ2v) is 7.43. The number of primary amides is 1. The van der Waals surface area contributed by atoms with Gasteiger partial charge in [-0.25, -0.2) is 4.98 Å². The SMILES string of the molecule is CO[C@H]1CC[C@H](Nc2ncc(C(N)=O)c(N[C@H]3CC[C@@H](N)CC3)n2)CC1. The van der Waals surface area contributed by atoms with Gasteiger partial charge in [0.2, 0.25) is 5.95 Å². The molecule has 26 heavy (non-hydrogen) atoms. The van der Waals surface area contributed by atoms with E-state index in [2.05, 4.69) is 20.6 Å². The fourth-order valence-corrected chi connectivity index (χ4v) is 3.82. The first-order valence-electron chi connectivity index (χ1n) is 9.53. The minimum atomic E-state index is -0.521. The van der Waals surface area contributed by atoms with Crippen LogP contribution in [-0.2, 0) is 4.74 Å². The largest absolute Gasteiger partial charge is 0.381 e. The van der Waals surface area contributed by atoms with Crippen molar-refractivity contribution in [2.45, 2.75) is 75.6 Å². The van der Waals surface area contributed by atoms with Crippen LogP contribution in [0.15, 0.2) is 6.20 Å². The Morgan fingerprint density at radius 3 is 2.31 bits per heavy atom. The van der Waals surface area contributed by atoms with Crippen molar-refractivity contribution in [2.24, 2.45) is 11.5 Å². The summed E-state index contributed by atoms with van der Waals surface area (Å²) in [5.74, 6) is 0.527. The van der Waals surface area contributed by atoms with E-state index in [9.17, 15) is 4.79 Å². The van der Waals surface area contributed by atoms with Crippen LogP contribution in [-0.4, -0.2) is 47.2 Å². The molecule has 0 bridgehead atoms. The first-order valence-corrected chi connectivity index (χ1v) is 9.53. The number of anilines is 2. The van der Waals surface area contributed by atoms with Gasteiger partial charge in [0.25, 0.3) is 5.91 Å². The standard InChI is InChI=1S/C18H30N6O2/c1-26-14-8-6-13(7-9-14)23-18-21-10-15(16(20)25)17(24-18)22-12-4-2-11(19)3-5-12/h10-14H,2-9,19H2,1H3,(H2,20,25)(H2,21,22,23,24)/t11-,12+,13-,14-. The molecule has 2 aliphatic carbocycles. The van der Waals surface area contributed by atoms with Gasteiger partial charge in [0.05, 0.1) is 11.7 Å². The molecule has 2 aliphatic rings. The van der Waals surface area contributed by atoms with Crippen LogP contribution in [0.5, 0.6) is 0 Å². The van der Waals surface area contributed by atoms with Crippen LogP contribution in [0.1, 0.15) is 61.7 Å². The minimum absolute atomic E-state index is 0.257. The third-order valence-corrected chi connectivity index (χ3v) is 5.51. The van der Waals surface area contributed by atoms with Gasteiger partial charge in [0.15, 0.2) is 0 Å². The third kappa shape index (κ3) is 4.82. The molecule has 2 saturated carbocycles. The lowest BCUT2D eigenvalue weighted by Gasteiger charge is -2.29. The van der Waals surface area contributed by atoms with E-state index in [1.165, 1.54) is 6.20 Å². The van der Waals surface area contributed by atoms with Crippen LogP contribution < -0.4 is 22.1 Å². The van der Waals surface area contributed by atoms with Crippen LogP contribution in [0.4, 0.5) is 11.8 Å². The van der Waals surface area contributed by atoms with E-state index in [0.717, 1.165) is 51.4 Å². The first-order chi connectivity index (χ1) is 12.5. The van der Waals surface area contributed by atoms with Crippen LogP contribution in [0.25, 0.3) is 0 Å². The highest BCUT2D eigenvalue weighted by molar-refractivity contribution is 5.97. The summed E-state index contributed by atoms with van der Waals surface area (Å²) in [6.07, 6.45) is 9.83. The lowest BCUT2D eigenvalue weighted by atomic mass is 9.92. The Bertz CT molecular complexity index is 610.